The number of thiazole rings is 1. The van der Waals surface area contributed by atoms with E-state index in [-0.39, 0.29) is 11.8 Å². The van der Waals surface area contributed by atoms with Gasteiger partial charge in [-0.3, -0.25) is 9.79 Å². The van der Waals surface area contributed by atoms with Crippen molar-refractivity contribution in [3.8, 4) is 0 Å². The number of carboxylic acid groups (broad SMARTS) is 1. The molecule has 1 aliphatic heterocycles. The largest absolute Gasteiger partial charge is 0.481 e. The molecule has 0 radical (unpaired) electrons. The minimum Gasteiger partial charge on any atom is -0.481 e. The summed E-state index contributed by atoms with van der Waals surface area (Å²) < 4.78 is 19.4. The monoisotopic (exact) mass is 521 g/mol. The molecule has 4 rings (SSSR count). The molecule has 32 heavy (non-hydrogen) atoms. The van der Waals surface area contributed by atoms with E-state index < -0.39 is 23.8 Å². The summed E-state index contributed by atoms with van der Waals surface area (Å²) in [4.78, 5) is 33.5. The van der Waals surface area contributed by atoms with Crippen molar-refractivity contribution in [1.82, 2.24) is 10.3 Å². The fraction of sp³-hybridized carbons (Fsp3) is 0.364. The molecular formula is C22H21BrFN3O4S. The number of carbonyl (C=O) groups excluding carboxylic acids is 1. The smallest absolute Gasteiger partial charge is 0.338 e. The molecule has 1 unspecified atom stereocenters. The van der Waals surface area contributed by atoms with Crippen LogP contribution in [0, 0.1) is 17.7 Å². The Morgan fingerprint density at radius 3 is 2.62 bits per heavy atom. The van der Waals surface area contributed by atoms with Crippen molar-refractivity contribution in [3.05, 3.63) is 61.9 Å². The number of ether oxygens (including phenoxy) is 1. The summed E-state index contributed by atoms with van der Waals surface area (Å²) in [5, 5.41) is 15.2. The zero-order valence-corrected chi connectivity index (χ0v) is 19.6. The number of aliphatic imine (C=N–C) groups is 1. The van der Waals surface area contributed by atoms with Crippen LogP contribution in [0.4, 0.5) is 4.39 Å². The lowest BCUT2D eigenvalue weighted by molar-refractivity contribution is -0.143. The molecule has 1 aromatic carbocycles. The number of carbonyl (C=O) groups is 2. The number of hydrogen-bond acceptors (Lipinski definition) is 7. The van der Waals surface area contributed by atoms with Gasteiger partial charge in [0.15, 0.2) is 10.8 Å². The molecule has 1 aliphatic carbocycles. The number of rotatable bonds is 5. The van der Waals surface area contributed by atoms with Crippen LogP contribution >= 0.6 is 27.3 Å². The van der Waals surface area contributed by atoms with E-state index in [1.54, 1.807) is 12.3 Å². The fourth-order valence-corrected chi connectivity index (χ4v) is 5.40. The molecule has 2 aliphatic rings. The second kappa shape index (κ2) is 9.50. The number of allylic oxidation sites excluding steroid dienone is 1. The second-order valence-corrected chi connectivity index (χ2v) is 9.46. The van der Waals surface area contributed by atoms with E-state index in [4.69, 9.17) is 9.73 Å². The summed E-state index contributed by atoms with van der Waals surface area (Å²) in [6, 6.07) is 3.53. The van der Waals surface area contributed by atoms with E-state index in [1.807, 2.05) is 5.38 Å². The highest BCUT2D eigenvalue weighted by Gasteiger charge is 2.38. The van der Waals surface area contributed by atoms with Crippen LogP contribution in [0.25, 0.3) is 0 Å². The Kier molecular flexibility index (Phi) is 6.71. The van der Waals surface area contributed by atoms with Crippen molar-refractivity contribution in [1.29, 1.82) is 0 Å². The molecule has 2 heterocycles. The number of amidine groups is 1. The number of nitrogens with one attached hydrogen (secondary N) is 1. The van der Waals surface area contributed by atoms with Crippen molar-refractivity contribution in [2.45, 2.75) is 31.7 Å². The molecule has 0 amide bonds. The van der Waals surface area contributed by atoms with E-state index in [0.29, 0.717) is 57.8 Å². The topological polar surface area (TPSA) is 101 Å². The number of benzene rings is 1. The van der Waals surface area contributed by atoms with E-state index >= 15 is 0 Å². The first-order valence-corrected chi connectivity index (χ1v) is 11.8. The third kappa shape index (κ3) is 4.47. The van der Waals surface area contributed by atoms with Gasteiger partial charge in [-0.05, 0) is 49.3 Å². The number of esters is 1. The Labute approximate surface area is 196 Å². The van der Waals surface area contributed by atoms with Gasteiger partial charge in [0, 0.05) is 21.7 Å². The van der Waals surface area contributed by atoms with Crippen LogP contribution in [0.15, 0.2) is 50.5 Å². The Bertz CT molecular complexity index is 1090. The normalized spacial score (nSPS) is 23.3. The zero-order chi connectivity index (χ0) is 22.8. The first-order valence-electron chi connectivity index (χ1n) is 10.1. The summed E-state index contributed by atoms with van der Waals surface area (Å²) in [5.41, 5.74) is 1.64. The predicted octanol–water partition coefficient (Wildman–Crippen LogP) is 4.45. The molecule has 0 saturated heterocycles. The van der Waals surface area contributed by atoms with Gasteiger partial charge in [0.1, 0.15) is 11.9 Å². The first kappa shape index (κ1) is 22.6. The SMILES string of the molecule is COC(=O)C1=C([C@H]2CC[C@H](C(=O)O)CC2)NC(c2nccs2)=NC1c1ccc(F)cc1Br. The van der Waals surface area contributed by atoms with E-state index in [1.165, 1.54) is 30.6 Å². The Hall–Kier alpha value is -2.59. The van der Waals surface area contributed by atoms with E-state index in [2.05, 4.69) is 26.2 Å². The Balaban J connectivity index is 1.82. The van der Waals surface area contributed by atoms with E-state index in [9.17, 15) is 19.1 Å². The number of aromatic nitrogens is 1. The highest BCUT2D eigenvalue weighted by molar-refractivity contribution is 9.10. The van der Waals surface area contributed by atoms with Gasteiger partial charge in [-0.25, -0.2) is 14.2 Å². The van der Waals surface area contributed by atoms with Crippen LogP contribution in [-0.2, 0) is 14.3 Å². The molecule has 1 saturated carbocycles. The molecule has 1 atom stereocenters. The van der Waals surface area contributed by atoms with Gasteiger partial charge < -0.3 is 15.2 Å². The van der Waals surface area contributed by atoms with Crippen molar-refractivity contribution in [2.75, 3.05) is 7.11 Å². The molecule has 1 aromatic heterocycles. The summed E-state index contributed by atoms with van der Waals surface area (Å²) in [5.74, 6) is -1.66. The first-order chi connectivity index (χ1) is 15.4. The maximum Gasteiger partial charge on any atom is 0.338 e. The van der Waals surface area contributed by atoms with Gasteiger partial charge in [0.25, 0.3) is 0 Å². The van der Waals surface area contributed by atoms with Crippen LogP contribution in [0.2, 0.25) is 0 Å². The van der Waals surface area contributed by atoms with Crippen LogP contribution in [-0.4, -0.2) is 35.0 Å². The van der Waals surface area contributed by atoms with Crippen molar-refractivity contribution in [2.24, 2.45) is 16.8 Å². The average molecular weight is 522 g/mol. The number of hydrogen-bond donors (Lipinski definition) is 2. The Morgan fingerprint density at radius 2 is 2.03 bits per heavy atom. The molecule has 2 aromatic rings. The minimum absolute atomic E-state index is 0.0631. The lowest BCUT2D eigenvalue weighted by Gasteiger charge is -2.34. The zero-order valence-electron chi connectivity index (χ0n) is 17.2. The number of halogens is 2. The summed E-state index contributed by atoms with van der Waals surface area (Å²) >= 11 is 4.82. The van der Waals surface area contributed by atoms with Crippen molar-refractivity contribution >= 4 is 45.0 Å². The average Bonchev–Trinajstić information content (AvgIpc) is 3.33. The van der Waals surface area contributed by atoms with E-state index in [0.717, 1.165) is 0 Å². The van der Waals surface area contributed by atoms with Crippen LogP contribution in [0.5, 0.6) is 0 Å². The van der Waals surface area contributed by atoms with Crippen LogP contribution in [0.3, 0.4) is 0 Å². The summed E-state index contributed by atoms with van der Waals surface area (Å²) in [6.07, 6.45) is 3.94. The van der Waals surface area contributed by atoms with Gasteiger partial charge in [0.2, 0.25) is 0 Å². The molecule has 168 valence electrons. The van der Waals surface area contributed by atoms with Crippen LogP contribution in [0.1, 0.15) is 42.3 Å². The third-order valence-electron chi connectivity index (χ3n) is 5.86. The molecule has 0 bridgehead atoms. The number of methoxy groups -OCH3 is 1. The van der Waals surface area contributed by atoms with Crippen LogP contribution < -0.4 is 5.32 Å². The summed E-state index contributed by atoms with van der Waals surface area (Å²) in [6.45, 7) is 0. The lowest BCUT2D eigenvalue weighted by Crippen LogP contribution is -2.38. The molecule has 7 nitrogen and oxygen atoms in total. The second-order valence-electron chi connectivity index (χ2n) is 7.71. The third-order valence-corrected chi connectivity index (χ3v) is 7.32. The maximum atomic E-state index is 13.8. The van der Waals surface area contributed by atoms with Gasteiger partial charge >= 0.3 is 11.9 Å². The quantitative estimate of drug-likeness (QED) is 0.563. The van der Waals surface area contributed by atoms with Gasteiger partial charge in [0.05, 0.1) is 18.6 Å². The van der Waals surface area contributed by atoms with Crippen molar-refractivity contribution < 1.29 is 23.8 Å². The molecule has 1 fully saturated rings. The standard InChI is InChI=1S/C22H21BrFN3O4S/c1-31-22(30)16-17(11-2-4-12(5-3-11)21(28)29)26-19(20-25-8-9-32-20)27-18(16)14-7-6-13(24)10-15(14)23/h6-12,18H,2-5H2,1H3,(H,26,27)(H,28,29)/t11-,12-,18?. The maximum absolute atomic E-state index is 13.8. The summed E-state index contributed by atoms with van der Waals surface area (Å²) in [7, 11) is 1.31. The molecule has 2 N–H and O–H groups in total. The van der Waals surface area contributed by atoms with Gasteiger partial charge in [-0.2, -0.15) is 0 Å². The number of carboxylic acids is 1. The number of aliphatic carboxylic acids is 1. The highest BCUT2D eigenvalue weighted by atomic mass is 79.9. The molecule has 0 spiro atoms. The fourth-order valence-electron chi connectivity index (χ4n) is 4.25. The number of nitrogens with zero attached hydrogens (tertiary/aromatic N) is 2. The lowest BCUT2D eigenvalue weighted by atomic mass is 9.78. The molecular weight excluding hydrogens is 501 g/mol. The van der Waals surface area contributed by atoms with Crippen molar-refractivity contribution in [3.63, 3.8) is 0 Å². The van der Waals surface area contributed by atoms with Gasteiger partial charge in [-0.15, -0.1) is 11.3 Å². The minimum atomic E-state index is -0.791. The van der Waals surface area contributed by atoms with Gasteiger partial charge in [-0.1, -0.05) is 22.0 Å². The predicted molar refractivity (Wildman–Crippen MR) is 121 cm³/mol. The highest BCUT2D eigenvalue weighted by Crippen LogP contribution is 2.42. The Morgan fingerprint density at radius 1 is 1.28 bits per heavy atom. The molecule has 10 heteroatoms.